The van der Waals surface area contributed by atoms with Gasteiger partial charge in [0, 0.05) is 53.6 Å². The van der Waals surface area contributed by atoms with Crippen LogP contribution in [-0.2, 0) is 20.1 Å². The molecule has 0 N–H and O–H groups in total. The first-order valence-electron chi connectivity index (χ1n) is 12.9. The molecular weight excluding hydrogens is 635 g/mol. The summed E-state index contributed by atoms with van der Waals surface area (Å²) < 4.78 is 27.9. The maximum atomic E-state index is 7.23. The van der Waals surface area contributed by atoms with Crippen LogP contribution in [0.15, 0.2) is 114 Å². The van der Waals surface area contributed by atoms with E-state index in [0.717, 1.165) is 55.4 Å². The van der Waals surface area contributed by atoms with Gasteiger partial charge in [-0.1, -0.05) is 35.2 Å². The Balaban J connectivity index is 0.000000168. The molecule has 0 amide bonds. The fraction of sp³-hybridized carbons (Fsp3) is 0.0312. The molecule has 3 aromatic carbocycles. The summed E-state index contributed by atoms with van der Waals surface area (Å²) in [5.41, 5.74) is 6.21. The van der Waals surface area contributed by atoms with Crippen LogP contribution in [0.5, 0.6) is 0 Å². The zero-order valence-electron chi connectivity index (χ0n) is 22.5. The zero-order chi connectivity index (χ0) is 26.8. The molecule has 7 rings (SSSR count). The third-order valence-electron chi connectivity index (χ3n) is 5.85. The Hall–Kier alpha value is -4.18. The molecule has 4 aromatic heterocycles. The average Bonchev–Trinajstić information content (AvgIpc) is 3.38. The van der Waals surface area contributed by atoms with Crippen LogP contribution in [0.25, 0.3) is 55.4 Å². The number of hydrogen-bond donors (Lipinski definition) is 0. The van der Waals surface area contributed by atoms with Crippen LogP contribution >= 0.6 is 0 Å². The van der Waals surface area contributed by atoms with E-state index in [-0.39, 0.29) is 25.7 Å². The number of nitrogens with zero attached hydrogens (tertiary/aromatic N) is 3. The Bertz CT molecular complexity index is 1890. The van der Waals surface area contributed by atoms with Gasteiger partial charge < -0.3 is 14.4 Å². The minimum absolute atomic E-state index is 0. The zero-order valence-corrected chi connectivity index (χ0v) is 21.9. The topological polar surface area (TPSA) is 51.8 Å². The Labute approximate surface area is 232 Å². The molecule has 0 spiro atoms. The summed E-state index contributed by atoms with van der Waals surface area (Å²) in [5.74, 6) is 0. The summed E-state index contributed by atoms with van der Waals surface area (Å²) in [7, 11) is 0. The van der Waals surface area contributed by atoms with Gasteiger partial charge in [0.2, 0.25) is 0 Å². The molecule has 0 aliphatic rings. The standard InChI is InChI=1S/C20H11N2O.C12H10N.Ir/c1-2-11-21-17(8-1)15-6-3-5-13-14-9-10-18-16(7-4-12-22-18)20(14)23-19(13)15;1-10-7-8-12(13-9-10)11-5-3-2-4-6-11;/h1-5,7-12H;2-5,7-9H,1H3;/q2*-1;/i;1D3;. The fourth-order valence-electron chi connectivity index (χ4n) is 4.16. The summed E-state index contributed by atoms with van der Waals surface area (Å²) >= 11 is 0. The van der Waals surface area contributed by atoms with E-state index in [1.807, 2.05) is 66.7 Å². The SMILES string of the molecule is [2H]C([2H])([2H])c1ccc(-c2[c-]cccc2)nc1.[Ir].[c-]1ccc2c(oc3c4cccnc4ccc23)c1-c1ccccn1. The van der Waals surface area contributed by atoms with E-state index in [4.69, 9.17) is 8.53 Å². The normalized spacial score (nSPS) is 12.2. The van der Waals surface area contributed by atoms with Crippen LogP contribution in [0, 0.1) is 19.0 Å². The number of benzene rings is 3. The number of hydrogen-bond acceptors (Lipinski definition) is 4. The second-order valence-corrected chi connectivity index (χ2v) is 8.13. The van der Waals surface area contributed by atoms with Crippen LogP contribution in [0.4, 0.5) is 0 Å². The molecule has 4 nitrogen and oxygen atoms in total. The third-order valence-corrected chi connectivity index (χ3v) is 5.85. The van der Waals surface area contributed by atoms with Crippen molar-refractivity contribution in [2.45, 2.75) is 6.85 Å². The molecule has 0 saturated heterocycles. The molecule has 4 heterocycles. The van der Waals surface area contributed by atoms with Gasteiger partial charge in [-0.3, -0.25) is 4.98 Å². The molecule has 0 bridgehead atoms. The van der Waals surface area contributed by atoms with Crippen LogP contribution in [-0.4, -0.2) is 15.0 Å². The fourth-order valence-corrected chi connectivity index (χ4v) is 4.16. The summed E-state index contributed by atoms with van der Waals surface area (Å²) in [6.07, 6.45) is 4.97. The van der Waals surface area contributed by atoms with E-state index >= 15 is 0 Å². The van der Waals surface area contributed by atoms with Crippen molar-refractivity contribution in [3.63, 3.8) is 0 Å². The smallest absolute Gasteiger partial charge is 0.130 e. The van der Waals surface area contributed by atoms with Crippen molar-refractivity contribution in [1.82, 2.24) is 15.0 Å². The maximum Gasteiger partial charge on any atom is 0.130 e. The second-order valence-electron chi connectivity index (χ2n) is 8.13. The van der Waals surface area contributed by atoms with E-state index in [9.17, 15) is 0 Å². The molecule has 0 fully saturated rings. The van der Waals surface area contributed by atoms with Gasteiger partial charge in [0.05, 0.1) is 11.1 Å². The number of aromatic nitrogens is 3. The minimum Gasteiger partial charge on any atom is -0.500 e. The number of aryl methyl sites for hydroxylation is 1. The monoisotopic (exact) mass is 659 g/mol. The Morgan fingerprint density at radius 1 is 0.676 bits per heavy atom. The van der Waals surface area contributed by atoms with Gasteiger partial charge in [-0.15, -0.1) is 54.1 Å². The summed E-state index contributed by atoms with van der Waals surface area (Å²) in [5, 5.41) is 3.19. The van der Waals surface area contributed by atoms with E-state index in [1.54, 1.807) is 30.6 Å². The number of rotatable bonds is 2. The van der Waals surface area contributed by atoms with Crippen molar-refractivity contribution in [3.8, 4) is 22.5 Å². The molecule has 1 radical (unpaired) electrons. The molecule has 181 valence electrons. The Morgan fingerprint density at radius 3 is 2.35 bits per heavy atom. The van der Waals surface area contributed by atoms with Gasteiger partial charge in [0.1, 0.15) is 5.58 Å². The van der Waals surface area contributed by atoms with Gasteiger partial charge >= 0.3 is 0 Å². The minimum atomic E-state index is -2.09. The van der Waals surface area contributed by atoms with Crippen LogP contribution in [0.3, 0.4) is 0 Å². The first kappa shape index (κ1) is 21.0. The average molecular weight is 659 g/mol. The summed E-state index contributed by atoms with van der Waals surface area (Å²) in [6.45, 7) is -2.09. The molecule has 0 unspecified atom stereocenters. The van der Waals surface area contributed by atoms with Crippen molar-refractivity contribution in [2.24, 2.45) is 0 Å². The first-order chi connectivity index (χ1) is 19.0. The Morgan fingerprint density at radius 2 is 1.57 bits per heavy atom. The van der Waals surface area contributed by atoms with Gasteiger partial charge in [0.15, 0.2) is 0 Å². The van der Waals surface area contributed by atoms with Gasteiger partial charge in [0.25, 0.3) is 0 Å². The third kappa shape index (κ3) is 4.92. The number of pyridine rings is 3. The van der Waals surface area contributed by atoms with Crippen molar-refractivity contribution in [3.05, 3.63) is 127 Å². The van der Waals surface area contributed by atoms with E-state index in [1.165, 1.54) is 6.20 Å². The van der Waals surface area contributed by atoms with Gasteiger partial charge in [-0.05, 0) is 54.1 Å². The van der Waals surface area contributed by atoms with Crippen LogP contribution in [0.2, 0.25) is 0 Å². The van der Waals surface area contributed by atoms with Gasteiger partial charge in [-0.2, -0.15) is 0 Å². The van der Waals surface area contributed by atoms with Crippen molar-refractivity contribution >= 4 is 32.8 Å². The molecule has 0 saturated carbocycles. The quantitative estimate of drug-likeness (QED) is 0.178. The molecule has 7 aromatic rings. The van der Waals surface area contributed by atoms with Crippen molar-refractivity contribution in [2.75, 3.05) is 0 Å². The largest absolute Gasteiger partial charge is 0.500 e. The molecule has 0 atom stereocenters. The molecule has 0 aliphatic heterocycles. The van der Waals surface area contributed by atoms with Crippen molar-refractivity contribution in [1.29, 1.82) is 0 Å². The molecule has 5 heteroatoms. The van der Waals surface area contributed by atoms with Gasteiger partial charge in [-0.25, -0.2) is 0 Å². The van der Waals surface area contributed by atoms with Crippen molar-refractivity contribution < 1.29 is 28.6 Å². The van der Waals surface area contributed by atoms with E-state index < -0.39 is 6.85 Å². The number of furan rings is 1. The van der Waals surface area contributed by atoms with Crippen LogP contribution in [0.1, 0.15) is 9.68 Å². The van der Waals surface area contributed by atoms with E-state index in [2.05, 4.69) is 33.2 Å². The van der Waals surface area contributed by atoms with E-state index in [0.29, 0.717) is 0 Å². The first-order valence-corrected chi connectivity index (χ1v) is 11.4. The predicted octanol–water partition coefficient (Wildman–Crippen LogP) is 7.85. The molecule has 37 heavy (non-hydrogen) atoms. The Kier molecular flexibility index (Phi) is 6.14. The molecular formula is C32H21IrN3O-2. The second kappa shape index (κ2) is 10.8. The predicted molar refractivity (Wildman–Crippen MR) is 144 cm³/mol. The summed E-state index contributed by atoms with van der Waals surface area (Å²) in [6, 6.07) is 34.9. The maximum absolute atomic E-state index is 7.23. The number of fused-ring (bicyclic) bond motifs is 5. The molecule has 0 aliphatic carbocycles. The summed E-state index contributed by atoms with van der Waals surface area (Å²) in [4.78, 5) is 13.0. The van der Waals surface area contributed by atoms with Crippen LogP contribution < -0.4 is 0 Å².